The third kappa shape index (κ3) is 2.71. The van der Waals surface area contributed by atoms with Crippen molar-refractivity contribution in [2.75, 3.05) is 17.7 Å². The van der Waals surface area contributed by atoms with Gasteiger partial charge < -0.3 is 10.6 Å². The Labute approximate surface area is 124 Å². The van der Waals surface area contributed by atoms with Gasteiger partial charge in [-0.1, -0.05) is 29.8 Å². The van der Waals surface area contributed by atoms with Gasteiger partial charge in [0, 0.05) is 12.1 Å². The first-order valence-electron chi connectivity index (χ1n) is 6.31. The van der Waals surface area contributed by atoms with Crippen LogP contribution in [0.5, 0.6) is 0 Å². The predicted octanol–water partition coefficient (Wildman–Crippen LogP) is 3.99. The lowest BCUT2D eigenvalue weighted by molar-refractivity contribution is 0.741. The van der Waals surface area contributed by atoms with Crippen molar-refractivity contribution >= 4 is 23.0 Å². The van der Waals surface area contributed by atoms with Crippen molar-refractivity contribution < 1.29 is 0 Å². The molecule has 2 aromatic carbocycles. The molecular formula is C16H16ClN3. The van der Waals surface area contributed by atoms with Crippen molar-refractivity contribution in [3.63, 3.8) is 0 Å². The van der Waals surface area contributed by atoms with Crippen molar-refractivity contribution in [3.8, 4) is 6.07 Å². The molecule has 4 heteroatoms. The minimum Gasteiger partial charge on any atom is -0.397 e. The molecule has 3 nitrogen and oxygen atoms in total. The van der Waals surface area contributed by atoms with E-state index in [-0.39, 0.29) is 6.04 Å². The number of hydrogen-bond acceptors (Lipinski definition) is 3. The van der Waals surface area contributed by atoms with Crippen LogP contribution in [0.4, 0.5) is 11.4 Å². The number of nitrogens with zero attached hydrogens (tertiary/aromatic N) is 2. The van der Waals surface area contributed by atoms with Gasteiger partial charge in [-0.05, 0) is 36.8 Å². The molecule has 0 heterocycles. The molecule has 2 rings (SSSR count). The second kappa shape index (κ2) is 5.85. The van der Waals surface area contributed by atoms with Crippen LogP contribution in [-0.4, -0.2) is 7.05 Å². The van der Waals surface area contributed by atoms with Gasteiger partial charge >= 0.3 is 0 Å². The summed E-state index contributed by atoms with van der Waals surface area (Å²) in [6, 6.07) is 15.2. The maximum Gasteiger partial charge on any atom is 0.0992 e. The first-order valence-corrected chi connectivity index (χ1v) is 6.69. The molecule has 0 saturated carbocycles. The molecule has 0 saturated heterocycles. The molecule has 0 aliphatic heterocycles. The largest absolute Gasteiger partial charge is 0.397 e. The molecule has 0 aliphatic rings. The van der Waals surface area contributed by atoms with Crippen LogP contribution >= 0.6 is 11.6 Å². The highest BCUT2D eigenvalue weighted by atomic mass is 35.5. The Hall–Kier alpha value is -2.18. The minimum absolute atomic E-state index is 0.0823. The molecule has 102 valence electrons. The molecule has 0 radical (unpaired) electrons. The van der Waals surface area contributed by atoms with Gasteiger partial charge in [-0.3, -0.25) is 0 Å². The lowest BCUT2D eigenvalue weighted by Crippen LogP contribution is -2.22. The maximum atomic E-state index is 8.88. The van der Waals surface area contributed by atoms with Gasteiger partial charge in [0.1, 0.15) is 0 Å². The lowest BCUT2D eigenvalue weighted by Gasteiger charge is -2.29. The van der Waals surface area contributed by atoms with Crippen LogP contribution in [-0.2, 0) is 0 Å². The van der Waals surface area contributed by atoms with Crippen LogP contribution < -0.4 is 10.6 Å². The van der Waals surface area contributed by atoms with E-state index in [2.05, 4.69) is 17.9 Å². The van der Waals surface area contributed by atoms with E-state index in [4.69, 9.17) is 22.6 Å². The van der Waals surface area contributed by atoms with E-state index in [0.29, 0.717) is 11.3 Å². The highest BCUT2D eigenvalue weighted by molar-refractivity contribution is 6.31. The number of hydrogen-bond donors (Lipinski definition) is 1. The fraction of sp³-hybridized carbons (Fsp3) is 0.188. The van der Waals surface area contributed by atoms with Crippen LogP contribution in [0.25, 0.3) is 0 Å². The van der Waals surface area contributed by atoms with Crippen molar-refractivity contribution in [1.82, 2.24) is 0 Å². The highest BCUT2D eigenvalue weighted by Gasteiger charge is 2.16. The summed E-state index contributed by atoms with van der Waals surface area (Å²) in [7, 11) is 1.96. The standard InChI is InChI=1S/C16H16ClN3/c1-11(13-5-3-4-6-14(13)17)20(2)16-8-7-12(10-18)9-15(16)19/h3-9,11H,19H2,1-2H3. The lowest BCUT2D eigenvalue weighted by atomic mass is 10.1. The quantitative estimate of drug-likeness (QED) is 0.868. The molecule has 0 aliphatic carbocycles. The smallest absolute Gasteiger partial charge is 0.0992 e. The zero-order valence-corrected chi connectivity index (χ0v) is 12.2. The van der Waals surface area contributed by atoms with Gasteiger partial charge in [-0.25, -0.2) is 0 Å². The van der Waals surface area contributed by atoms with E-state index < -0.39 is 0 Å². The molecule has 0 amide bonds. The molecule has 0 fully saturated rings. The summed E-state index contributed by atoms with van der Waals surface area (Å²) < 4.78 is 0. The maximum absolute atomic E-state index is 8.88. The Kier molecular flexibility index (Phi) is 4.16. The van der Waals surface area contributed by atoms with Gasteiger partial charge in [0.25, 0.3) is 0 Å². The molecule has 0 bridgehead atoms. The molecule has 1 atom stereocenters. The topological polar surface area (TPSA) is 53.0 Å². The first kappa shape index (κ1) is 14.2. The van der Waals surface area contributed by atoms with E-state index in [1.807, 2.05) is 37.4 Å². The molecular weight excluding hydrogens is 270 g/mol. The summed E-state index contributed by atoms with van der Waals surface area (Å²) in [5, 5.41) is 9.61. The van der Waals surface area contributed by atoms with Crippen LogP contribution in [0.3, 0.4) is 0 Å². The second-order valence-corrected chi connectivity index (χ2v) is 5.10. The normalized spacial score (nSPS) is 11.7. The highest BCUT2D eigenvalue weighted by Crippen LogP contribution is 2.33. The number of nitriles is 1. The van der Waals surface area contributed by atoms with Crippen molar-refractivity contribution in [2.45, 2.75) is 13.0 Å². The monoisotopic (exact) mass is 285 g/mol. The molecule has 2 aromatic rings. The van der Waals surface area contributed by atoms with Crippen LogP contribution in [0, 0.1) is 11.3 Å². The number of anilines is 2. The minimum atomic E-state index is 0.0823. The molecule has 2 N–H and O–H groups in total. The Morgan fingerprint density at radius 2 is 1.95 bits per heavy atom. The van der Waals surface area contributed by atoms with Crippen LogP contribution in [0.2, 0.25) is 5.02 Å². The zero-order valence-electron chi connectivity index (χ0n) is 11.5. The molecule has 0 aromatic heterocycles. The Morgan fingerprint density at radius 3 is 2.55 bits per heavy atom. The SMILES string of the molecule is CC(c1ccccc1Cl)N(C)c1ccc(C#N)cc1N. The molecule has 20 heavy (non-hydrogen) atoms. The summed E-state index contributed by atoms with van der Waals surface area (Å²) in [6.07, 6.45) is 0. The number of nitrogens with two attached hydrogens (primary N) is 1. The fourth-order valence-corrected chi connectivity index (χ4v) is 2.47. The summed E-state index contributed by atoms with van der Waals surface area (Å²) in [5.74, 6) is 0. The van der Waals surface area contributed by atoms with Gasteiger partial charge in [-0.15, -0.1) is 0 Å². The van der Waals surface area contributed by atoms with Crippen LogP contribution in [0.15, 0.2) is 42.5 Å². The Balaban J connectivity index is 2.34. The molecule has 1 unspecified atom stereocenters. The second-order valence-electron chi connectivity index (χ2n) is 4.69. The Bertz CT molecular complexity index is 661. The summed E-state index contributed by atoms with van der Waals surface area (Å²) >= 11 is 6.24. The van der Waals surface area contributed by atoms with Crippen LogP contribution in [0.1, 0.15) is 24.1 Å². The van der Waals surface area contributed by atoms with E-state index in [1.54, 1.807) is 12.1 Å². The number of rotatable bonds is 3. The summed E-state index contributed by atoms with van der Waals surface area (Å²) in [5.41, 5.74) is 9.10. The third-order valence-corrected chi connectivity index (χ3v) is 3.82. The predicted molar refractivity (Wildman–Crippen MR) is 83.8 cm³/mol. The Morgan fingerprint density at radius 1 is 1.25 bits per heavy atom. The van der Waals surface area contributed by atoms with E-state index in [0.717, 1.165) is 16.3 Å². The average Bonchev–Trinajstić information content (AvgIpc) is 2.46. The van der Waals surface area contributed by atoms with Crippen molar-refractivity contribution in [3.05, 3.63) is 58.6 Å². The van der Waals surface area contributed by atoms with Gasteiger partial charge in [0.05, 0.1) is 29.0 Å². The fourth-order valence-electron chi connectivity index (χ4n) is 2.18. The number of nitrogen functional groups attached to an aromatic ring is 1. The zero-order chi connectivity index (χ0) is 14.7. The van der Waals surface area contributed by atoms with Gasteiger partial charge in [-0.2, -0.15) is 5.26 Å². The summed E-state index contributed by atoms with van der Waals surface area (Å²) in [6.45, 7) is 2.07. The number of benzene rings is 2. The number of halogens is 1. The first-order chi connectivity index (χ1) is 9.54. The van der Waals surface area contributed by atoms with E-state index >= 15 is 0 Å². The van der Waals surface area contributed by atoms with Gasteiger partial charge in [0.15, 0.2) is 0 Å². The van der Waals surface area contributed by atoms with Gasteiger partial charge in [0.2, 0.25) is 0 Å². The third-order valence-electron chi connectivity index (χ3n) is 3.47. The van der Waals surface area contributed by atoms with Crippen molar-refractivity contribution in [1.29, 1.82) is 5.26 Å². The van der Waals surface area contributed by atoms with E-state index in [9.17, 15) is 0 Å². The van der Waals surface area contributed by atoms with Crippen molar-refractivity contribution in [2.24, 2.45) is 0 Å². The average molecular weight is 286 g/mol. The van der Waals surface area contributed by atoms with E-state index in [1.165, 1.54) is 0 Å². The summed E-state index contributed by atoms with van der Waals surface area (Å²) in [4.78, 5) is 2.05. The molecule has 0 spiro atoms.